The maximum absolute atomic E-state index is 12.8. The van der Waals surface area contributed by atoms with Crippen LogP contribution in [0.2, 0.25) is 0 Å². The monoisotopic (exact) mass is 408 g/mol. The molecule has 1 atom stereocenters. The van der Waals surface area contributed by atoms with Crippen molar-refractivity contribution < 1.29 is 27.6 Å². The molecule has 1 aliphatic heterocycles. The minimum atomic E-state index is -4.50. The van der Waals surface area contributed by atoms with Gasteiger partial charge in [-0.05, 0) is 37.3 Å². The van der Waals surface area contributed by atoms with Gasteiger partial charge in [0.1, 0.15) is 0 Å². The molecule has 146 valence electrons. The average molecular weight is 408 g/mol. The SMILES string of the molecule is CC(=O)c1cccc(NC(=O)CC2Sc3ccc(C(F)(F)F)cc3NC2=O)c1. The van der Waals surface area contributed by atoms with Crippen LogP contribution in [-0.4, -0.2) is 22.8 Å². The van der Waals surface area contributed by atoms with Gasteiger partial charge >= 0.3 is 6.18 Å². The van der Waals surface area contributed by atoms with Crippen molar-refractivity contribution in [3.05, 3.63) is 53.6 Å². The van der Waals surface area contributed by atoms with Gasteiger partial charge in [-0.3, -0.25) is 14.4 Å². The quantitative estimate of drug-likeness (QED) is 0.738. The van der Waals surface area contributed by atoms with Crippen LogP contribution in [0.15, 0.2) is 47.4 Å². The molecule has 1 heterocycles. The second-order valence-corrected chi connectivity index (χ2v) is 7.44. The van der Waals surface area contributed by atoms with Crippen molar-refractivity contribution in [3.63, 3.8) is 0 Å². The summed E-state index contributed by atoms with van der Waals surface area (Å²) in [5.74, 6) is -1.12. The number of anilines is 2. The summed E-state index contributed by atoms with van der Waals surface area (Å²) in [6.45, 7) is 1.41. The summed E-state index contributed by atoms with van der Waals surface area (Å²) in [4.78, 5) is 36.3. The summed E-state index contributed by atoms with van der Waals surface area (Å²) in [7, 11) is 0. The van der Waals surface area contributed by atoms with Crippen LogP contribution in [0, 0.1) is 0 Å². The molecule has 0 aromatic heterocycles. The molecule has 1 aliphatic rings. The van der Waals surface area contributed by atoms with Gasteiger partial charge in [0.2, 0.25) is 11.8 Å². The van der Waals surface area contributed by atoms with E-state index in [1.165, 1.54) is 19.1 Å². The Morgan fingerprint density at radius 2 is 1.93 bits per heavy atom. The second kappa shape index (κ2) is 7.67. The van der Waals surface area contributed by atoms with E-state index in [9.17, 15) is 27.6 Å². The van der Waals surface area contributed by atoms with Crippen LogP contribution in [0.25, 0.3) is 0 Å². The van der Waals surface area contributed by atoms with E-state index in [1.54, 1.807) is 18.2 Å². The van der Waals surface area contributed by atoms with Gasteiger partial charge in [0.25, 0.3) is 0 Å². The average Bonchev–Trinajstić information content (AvgIpc) is 2.61. The van der Waals surface area contributed by atoms with Crippen molar-refractivity contribution in [2.45, 2.75) is 29.7 Å². The smallest absolute Gasteiger partial charge is 0.326 e. The van der Waals surface area contributed by atoms with E-state index >= 15 is 0 Å². The lowest BCUT2D eigenvalue weighted by Gasteiger charge is -2.24. The van der Waals surface area contributed by atoms with Gasteiger partial charge in [-0.1, -0.05) is 12.1 Å². The van der Waals surface area contributed by atoms with Crippen LogP contribution in [-0.2, 0) is 15.8 Å². The fourth-order valence-electron chi connectivity index (χ4n) is 2.66. The Hall–Kier alpha value is -2.81. The summed E-state index contributed by atoms with van der Waals surface area (Å²) >= 11 is 1.04. The van der Waals surface area contributed by atoms with Crippen LogP contribution < -0.4 is 10.6 Å². The number of alkyl halides is 3. The van der Waals surface area contributed by atoms with Crippen molar-refractivity contribution in [1.29, 1.82) is 0 Å². The van der Waals surface area contributed by atoms with Gasteiger partial charge in [-0.2, -0.15) is 13.2 Å². The lowest BCUT2D eigenvalue weighted by atomic mass is 10.1. The number of thioether (sulfide) groups is 1. The number of rotatable bonds is 4. The van der Waals surface area contributed by atoms with E-state index in [1.807, 2.05) is 0 Å². The zero-order valence-corrected chi connectivity index (χ0v) is 15.4. The number of benzene rings is 2. The third kappa shape index (κ3) is 4.53. The van der Waals surface area contributed by atoms with E-state index in [4.69, 9.17) is 0 Å². The van der Waals surface area contributed by atoms with Gasteiger partial charge in [0.15, 0.2) is 5.78 Å². The second-order valence-electron chi connectivity index (χ2n) is 6.19. The molecule has 5 nitrogen and oxygen atoms in total. The Bertz CT molecular complexity index is 960. The molecule has 9 heteroatoms. The first-order chi connectivity index (χ1) is 13.1. The molecular formula is C19H15F3N2O3S. The van der Waals surface area contributed by atoms with Gasteiger partial charge in [0.05, 0.1) is 16.5 Å². The Kier molecular flexibility index (Phi) is 5.46. The molecule has 2 aromatic carbocycles. The fourth-order valence-corrected chi connectivity index (χ4v) is 3.75. The molecule has 0 fully saturated rings. The third-order valence-electron chi connectivity index (χ3n) is 4.05. The number of hydrogen-bond acceptors (Lipinski definition) is 4. The minimum Gasteiger partial charge on any atom is -0.326 e. The lowest BCUT2D eigenvalue weighted by Crippen LogP contribution is -2.32. The Morgan fingerprint density at radius 1 is 1.18 bits per heavy atom. The summed E-state index contributed by atoms with van der Waals surface area (Å²) < 4.78 is 38.4. The van der Waals surface area contributed by atoms with Crippen LogP contribution in [0.4, 0.5) is 24.5 Å². The molecule has 0 spiro atoms. The van der Waals surface area contributed by atoms with Gasteiger partial charge in [-0.25, -0.2) is 0 Å². The fraction of sp³-hybridized carbons (Fsp3) is 0.211. The van der Waals surface area contributed by atoms with Crippen LogP contribution in [0.3, 0.4) is 0 Å². The van der Waals surface area contributed by atoms with Crippen molar-refractivity contribution in [3.8, 4) is 0 Å². The van der Waals surface area contributed by atoms with Crippen LogP contribution >= 0.6 is 11.8 Å². The van der Waals surface area contributed by atoms with E-state index in [2.05, 4.69) is 10.6 Å². The van der Waals surface area contributed by atoms with Gasteiger partial charge < -0.3 is 10.6 Å². The highest BCUT2D eigenvalue weighted by atomic mass is 32.2. The summed E-state index contributed by atoms with van der Waals surface area (Å²) in [5.41, 5.74) is 0.0930. The van der Waals surface area contributed by atoms with E-state index < -0.39 is 28.8 Å². The highest BCUT2D eigenvalue weighted by molar-refractivity contribution is 8.01. The molecule has 0 radical (unpaired) electrons. The topological polar surface area (TPSA) is 75.3 Å². The highest BCUT2D eigenvalue weighted by Crippen LogP contribution is 2.40. The molecule has 2 N–H and O–H groups in total. The zero-order valence-electron chi connectivity index (χ0n) is 14.6. The highest BCUT2D eigenvalue weighted by Gasteiger charge is 2.34. The Labute approximate surface area is 162 Å². The number of ketones is 1. The van der Waals surface area contributed by atoms with Crippen LogP contribution in [0.5, 0.6) is 0 Å². The van der Waals surface area contributed by atoms with E-state index in [-0.39, 0.29) is 17.9 Å². The molecule has 0 bridgehead atoms. The van der Waals surface area contributed by atoms with Crippen molar-refractivity contribution >= 4 is 40.7 Å². The maximum Gasteiger partial charge on any atom is 0.416 e. The largest absolute Gasteiger partial charge is 0.416 e. The standard InChI is InChI=1S/C19H15F3N2O3S/c1-10(25)11-3-2-4-13(7-11)23-17(26)9-16-18(27)24-14-8-12(19(20,21)22)5-6-15(14)28-16/h2-8,16H,9H2,1H3,(H,23,26)(H,24,27). The first kappa shape index (κ1) is 19.9. The number of carbonyl (C=O) groups is 3. The zero-order chi connectivity index (χ0) is 20.5. The Balaban J connectivity index is 1.69. The van der Waals surface area contributed by atoms with E-state index in [0.29, 0.717) is 16.1 Å². The molecule has 3 rings (SSSR count). The summed E-state index contributed by atoms with van der Waals surface area (Å²) in [5, 5.41) is 4.28. The molecule has 0 saturated carbocycles. The minimum absolute atomic E-state index is 0.0793. The van der Waals surface area contributed by atoms with Crippen molar-refractivity contribution in [2.75, 3.05) is 10.6 Å². The molecule has 1 unspecified atom stereocenters. The molecule has 2 aromatic rings. The Morgan fingerprint density at radius 3 is 2.61 bits per heavy atom. The lowest BCUT2D eigenvalue weighted by molar-refractivity contribution is -0.137. The van der Waals surface area contributed by atoms with E-state index in [0.717, 1.165) is 23.9 Å². The molecule has 0 saturated heterocycles. The molecule has 28 heavy (non-hydrogen) atoms. The van der Waals surface area contributed by atoms with Gasteiger partial charge in [0, 0.05) is 22.6 Å². The normalized spacial score (nSPS) is 16.1. The number of Topliss-reactive ketones (excluding diaryl/α,β-unsaturated/α-hetero) is 1. The maximum atomic E-state index is 12.8. The summed E-state index contributed by atoms with van der Waals surface area (Å²) in [6.07, 6.45) is -4.67. The first-order valence-electron chi connectivity index (χ1n) is 8.23. The number of nitrogens with one attached hydrogen (secondary N) is 2. The predicted octanol–water partition coefficient (Wildman–Crippen LogP) is 4.35. The van der Waals surface area contributed by atoms with Gasteiger partial charge in [-0.15, -0.1) is 11.8 Å². The predicted molar refractivity (Wildman–Crippen MR) is 99.4 cm³/mol. The summed E-state index contributed by atoms with van der Waals surface area (Å²) in [6, 6.07) is 9.49. The molecule has 2 amide bonds. The molecule has 0 aliphatic carbocycles. The number of hydrogen-bond donors (Lipinski definition) is 2. The van der Waals surface area contributed by atoms with Crippen LogP contribution in [0.1, 0.15) is 29.3 Å². The molecular weight excluding hydrogens is 393 g/mol. The first-order valence-corrected chi connectivity index (χ1v) is 9.11. The number of amides is 2. The van der Waals surface area contributed by atoms with Crippen molar-refractivity contribution in [1.82, 2.24) is 0 Å². The number of halogens is 3. The number of fused-ring (bicyclic) bond motifs is 1. The third-order valence-corrected chi connectivity index (χ3v) is 5.33. The van der Waals surface area contributed by atoms with Crippen molar-refractivity contribution in [2.24, 2.45) is 0 Å². The number of carbonyl (C=O) groups excluding carboxylic acids is 3.